The van der Waals surface area contributed by atoms with E-state index in [0.717, 1.165) is 17.4 Å². The summed E-state index contributed by atoms with van der Waals surface area (Å²) in [5, 5.41) is 13.4. The normalized spacial score (nSPS) is 13.0. The summed E-state index contributed by atoms with van der Waals surface area (Å²) in [5.74, 6) is -1.11. The molecular weight excluding hydrogens is 307 g/mol. The topological polar surface area (TPSA) is 75.1 Å². The van der Waals surface area contributed by atoms with Gasteiger partial charge in [-0.3, -0.25) is 0 Å². The van der Waals surface area contributed by atoms with Crippen molar-refractivity contribution in [1.29, 1.82) is 0 Å². The molecule has 1 unspecified atom stereocenters. The first-order valence-electron chi connectivity index (χ1n) is 5.77. The number of carboxylic acid groups (broad SMARTS) is 1. The zero-order valence-electron chi connectivity index (χ0n) is 10.7. The predicted octanol–water partition coefficient (Wildman–Crippen LogP) is 3.43. The molecule has 1 atom stereocenters. The van der Waals surface area contributed by atoms with Gasteiger partial charge in [-0.15, -0.1) is 11.3 Å². The van der Waals surface area contributed by atoms with Gasteiger partial charge in [0.15, 0.2) is 5.69 Å². The number of hydrogen-bond acceptors (Lipinski definition) is 5. The van der Waals surface area contributed by atoms with E-state index < -0.39 is 23.9 Å². The molecule has 0 fully saturated rings. The van der Waals surface area contributed by atoms with Crippen molar-refractivity contribution in [3.8, 4) is 0 Å². The summed E-state index contributed by atoms with van der Waals surface area (Å²) in [7, 11) is 0. The second-order valence-corrected chi connectivity index (χ2v) is 5.04. The number of nitrogens with zero attached hydrogens (tertiary/aromatic N) is 2. The van der Waals surface area contributed by atoms with Crippen LogP contribution in [0.3, 0.4) is 0 Å². The lowest BCUT2D eigenvalue weighted by atomic mass is 10.3. The average molecular weight is 317 g/mol. The van der Waals surface area contributed by atoms with Gasteiger partial charge in [-0.2, -0.15) is 13.2 Å². The van der Waals surface area contributed by atoms with Gasteiger partial charge in [-0.05, 0) is 19.1 Å². The molecule has 0 amide bonds. The van der Waals surface area contributed by atoms with Crippen molar-refractivity contribution in [3.05, 3.63) is 40.0 Å². The Labute approximate surface area is 121 Å². The van der Waals surface area contributed by atoms with Gasteiger partial charge in [-0.25, -0.2) is 14.8 Å². The van der Waals surface area contributed by atoms with Crippen LogP contribution in [0.15, 0.2) is 23.6 Å². The summed E-state index contributed by atoms with van der Waals surface area (Å²) in [6.45, 7) is 1.66. The van der Waals surface area contributed by atoms with E-state index in [1.54, 1.807) is 6.92 Å². The molecule has 0 spiro atoms. The molecule has 0 aliphatic carbocycles. The molecule has 2 N–H and O–H groups in total. The summed E-state index contributed by atoms with van der Waals surface area (Å²) in [6.07, 6.45) is -4.52. The van der Waals surface area contributed by atoms with Gasteiger partial charge < -0.3 is 10.4 Å². The second kappa shape index (κ2) is 5.68. The van der Waals surface area contributed by atoms with E-state index in [-0.39, 0.29) is 11.5 Å². The van der Waals surface area contributed by atoms with E-state index in [1.165, 1.54) is 17.5 Å². The molecule has 0 radical (unpaired) electrons. The molecule has 112 valence electrons. The third-order valence-electron chi connectivity index (χ3n) is 2.52. The van der Waals surface area contributed by atoms with E-state index in [4.69, 9.17) is 5.11 Å². The lowest BCUT2D eigenvalue weighted by Crippen LogP contribution is -2.12. The summed E-state index contributed by atoms with van der Waals surface area (Å²) in [4.78, 5) is 18.1. The molecule has 0 saturated heterocycles. The molecule has 9 heteroatoms. The maximum Gasteiger partial charge on any atom is 0.433 e. The van der Waals surface area contributed by atoms with E-state index in [2.05, 4.69) is 15.3 Å². The van der Waals surface area contributed by atoms with Crippen LogP contribution in [-0.4, -0.2) is 21.0 Å². The molecule has 0 aliphatic rings. The molecule has 2 aromatic heterocycles. The number of thiazole rings is 1. The van der Waals surface area contributed by atoms with Crippen molar-refractivity contribution in [2.24, 2.45) is 0 Å². The zero-order valence-corrected chi connectivity index (χ0v) is 11.5. The molecule has 5 nitrogen and oxygen atoms in total. The van der Waals surface area contributed by atoms with Gasteiger partial charge >= 0.3 is 12.1 Å². The standard InChI is InChI=1S/C12H10F3N3O2S/c1-6(10-17-7(5-21-10)11(19)20)16-9-4-2-3-8(18-9)12(13,14)15/h2-6H,1H3,(H,16,18)(H,19,20). The first kappa shape index (κ1) is 15.2. The Morgan fingerprint density at radius 3 is 2.67 bits per heavy atom. The number of pyridine rings is 1. The number of nitrogens with one attached hydrogen (secondary N) is 1. The predicted molar refractivity (Wildman–Crippen MR) is 70.4 cm³/mol. The third-order valence-corrected chi connectivity index (χ3v) is 3.54. The lowest BCUT2D eigenvalue weighted by molar-refractivity contribution is -0.141. The van der Waals surface area contributed by atoms with Crippen LogP contribution in [0.4, 0.5) is 19.0 Å². The molecule has 2 aromatic rings. The molecular formula is C12H10F3N3O2S. The molecule has 0 aromatic carbocycles. The van der Waals surface area contributed by atoms with Crippen molar-refractivity contribution < 1.29 is 23.1 Å². The van der Waals surface area contributed by atoms with Crippen molar-refractivity contribution in [2.75, 3.05) is 5.32 Å². The molecule has 2 rings (SSSR count). The Kier molecular flexibility index (Phi) is 4.12. The Morgan fingerprint density at radius 1 is 1.38 bits per heavy atom. The Hall–Kier alpha value is -2.16. The number of halogens is 3. The highest BCUT2D eigenvalue weighted by Gasteiger charge is 2.32. The largest absolute Gasteiger partial charge is 0.476 e. The van der Waals surface area contributed by atoms with Gasteiger partial charge in [0, 0.05) is 5.38 Å². The van der Waals surface area contributed by atoms with Crippen LogP contribution in [0.5, 0.6) is 0 Å². The maximum atomic E-state index is 12.6. The van der Waals surface area contributed by atoms with Crippen LogP contribution in [0.1, 0.15) is 34.2 Å². The van der Waals surface area contributed by atoms with Gasteiger partial charge in [0.05, 0.1) is 6.04 Å². The molecule has 21 heavy (non-hydrogen) atoms. The van der Waals surface area contributed by atoms with E-state index in [9.17, 15) is 18.0 Å². The first-order valence-corrected chi connectivity index (χ1v) is 6.65. The van der Waals surface area contributed by atoms with Crippen LogP contribution in [-0.2, 0) is 6.18 Å². The van der Waals surface area contributed by atoms with E-state index in [0.29, 0.717) is 5.01 Å². The van der Waals surface area contributed by atoms with Crippen LogP contribution < -0.4 is 5.32 Å². The first-order chi connectivity index (χ1) is 9.77. The van der Waals surface area contributed by atoms with Crippen LogP contribution in [0.25, 0.3) is 0 Å². The second-order valence-electron chi connectivity index (χ2n) is 4.15. The van der Waals surface area contributed by atoms with Gasteiger partial charge in [0.2, 0.25) is 0 Å². The Balaban J connectivity index is 2.15. The minimum atomic E-state index is -4.52. The van der Waals surface area contributed by atoms with Crippen LogP contribution in [0, 0.1) is 0 Å². The summed E-state index contributed by atoms with van der Waals surface area (Å²) in [6, 6.07) is 3.06. The number of rotatable bonds is 4. The third kappa shape index (κ3) is 3.69. The van der Waals surface area contributed by atoms with Crippen molar-refractivity contribution in [2.45, 2.75) is 19.1 Å². The van der Waals surface area contributed by atoms with Crippen LogP contribution >= 0.6 is 11.3 Å². The lowest BCUT2D eigenvalue weighted by Gasteiger charge is -2.13. The Morgan fingerprint density at radius 2 is 2.10 bits per heavy atom. The van der Waals surface area contributed by atoms with Gasteiger partial charge in [0.1, 0.15) is 16.5 Å². The number of carbonyl (C=O) groups is 1. The smallest absolute Gasteiger partial charge is 0.433 e. The van der Waals surface area contributed by atoms with Crippen molar-refractivity contribution in [3.63, 3.8) is 0 Å². The summed E-state index contributed by atoms with van der Waals surface area (Å²) >= 11 is 1.11. The van der Waals surface area contributed by atoms with Gasteiger partial charge in [0.25, 0.3) is 0 Å². The highest BCUT2D eigenvalue weighted by molar-refractivity contribution is 7.09. The summed E-state index contributed by atoms with van der Waals surface area (Å²) in [5.41, 5.74) is -1.09. The van der Waals surface area contributed by atoms with Gasteiger partial charge in [-0.1, -0.05) is 6.07 Å². The monoisotopic (exact) mass is 317 g/mol. The molecule has 2 heterocycles. The maximum absolute atomic E-state index is 12.6. The van der Waals surface area contributed by atoms with Crippen molar-refractivity contribution in [1.82, 2.24) is 9.97 Å². The minimum absolute atomic E-state index is 0.0457. The average Bonchev–Trinajstić information content (AvgIpc) is 2.88. The Bertz CT molecular complexity index is 657. The fraction of sp³-hybridized carbons (Fsp3) is 0.250. The minimum Gasteiger partial charge on any atom is -0.476 e. The van der Waals surface area contributed by atoms with E-state index in [1.807, 2.05) is 0 Å². The van der Waals surface area contributed by atoms with Crippen molar-refractivity contribution >= 4 is 23.1 Å². The number of anilines is 1. The fourth-order valence-electron chi connectivity index (χ4n) is 1.54. The highest BCUT2D eigenvalue weighted by atomic mass is 32.1. The molecule has 0 saturated carbocycles. The molecule has 0 bridgehead atoms. The number of carboxylic acids is 1. The quantitative estimate of drug-likeness (QED) is 0.903. The number of aromatic carboxylic acids is 1. The zero-order chi connectivity index (χ0) is 15.6. The number of hydrogen-bond donors (Lipinski definition) is 2. The number of aromatic nitrogens is 2. The highest BCUT2D eigenvalue weighted by Crippen LogP contribution is 2.29. The van der Waals surface area contributed by atoms with E-state index >= 15 is 0 Å². The van der Waals surface area contributed by atoms with Crippen LogP contribution in [0.2, 0.25) is 0 Å². The summed E-state index contributed by atoms with van der Waals surface area (Å²) < 4.78 is 37.7. The molecule has 0 aliphatic heterocycles. The number of alkyl halides is 3. The fourth-order valence-corrected chi connectivity index (χ4v) is 2.34. The SMILES string of the molecule is CC(Nc1cccc(C(F)(F)F)n1)c1nc(C(=O)O)cs1.